The number of carboxylic acids is 1. The van der Waals surface area contributed by atoms with Gasteiger partial charge in [-0.2, -0.15) is 4.79 Å². The number of carbonyl (C=O) groups excluding carboxylic acids is 4. The predicted octanol–water partition coefficient (Wildman–Crippen LogP) is 0.389. The van der Waals surface area contributed by atoms with Crippen LogP contribution in [0.15, 0.2) is 29.4 Å². The largest absolute Gasteiger partial charge is 0.478 e. The van der Waals surface area contributed by atoms with Crippen molar-refractivity contribution >= 4 is 46.6 Å². The number of Topliss-reactive ketones (excluding diaryl/α,β-unsaturated/α-hetero) is 1. The van der Waals surface area contributed by atoms with Gasteiger partial charge >= 0.3 is 17.7 Å². The smallest absolute Gasteiger partial charge is 0.441 e. The van der Waals surface area contributed by atoms with Gasteiger partial charge in [-0.25, -0.2) is 9.59 Å². The normalized spacial score (nSPS) is 18.1. The highest BCUT2D eigenvalue weighted by Crippen LogP contribution is 2.26. The molecule has 0 spiro atoms. The Hall–Kier alpha value is -4.98. The number of ketones is 1. The lowest BCUT2D eigenvalue weighted by atomic mass is 9.75. The molecule has 1 fully saturated rings. The Balaban J connectivity index is 2.02. The number of non-ortho nitro benzene ring substituents is 1. The molecule has 1 aromatic carbocycles. The van der Waals surface area contributed by atoms with Gasteiger partial charge in [0.1, 0.15) is 12.3 Å². The highest BCUT2D eigenvalue weighted by molar-refractivity contribution is 6.62. The number of carbonyl (C=O) groups is 5. The first-order valence-corrected chi connectivity index (χ1v) is 11.8. The summed E-state index contributed by atoms with van der Waals surface area (Å²) in [6.45, 7) is 6.28. The van der Waals surface area contributed by atoms with E-state index >= 15 is 0 Å². The summed E-state index contributed by atoms with van der Waals surface area (Å²) in [5.74, 6) is -6.72. The highest BCUT2D eigenvalue weighted by Gasteiger charge is 2.50. The molecular weight excluding hydrogens is 532 g/mol. The molecule has 16 nitrogen and oxygen atoms in total. The van der Waals surface area contributed by atoms with E-state index < -0.39 is 69.7 Å². The second kappa shape index (κ2) is 12.7. The third-order valence-corrected chi connectivity index (χ3v) is 6.15. The molecule has 1 saturated heterocycles. The molecule has 2 amide bonds. The van der Waals surface area contributed by atoms with Crippen LogP contribution in [0.2, 0.25) is 0 Å². The summed E-state index contributed by atoms with van der Waals surface area (Å²) in [4.78, 5) is 79.0. The molecule has 40 heavy (non-hydrogen) atoms. The minimum absolute atomic E-state index is 0.169. The molecule has 0 aromatic heterocycles. The lowest BCUT2D eigenvalue weighted by Gasteiger charge is -2.42. The zero-order valence-corrected chi connectivity index (χ0v) is 22.2. The van der Waals surface area contributed by atoms with Crippen LogP contribution in [0.1, 0.15) is 40.2 Å². The minimum atomic E-state index is -1.68. The van der Waals surface area contributed by atoms with Crippen LogP contribution in [-0.2, 0) is 40.2 Å². The first-order chi connectivity index (χ1) is 18.6. The van der Waals surface area contributed by atoms with E-state index in [0.717, 1.165) is 0 Å². The number of aliphatic carboxylic acids is 1. The van der Waals surface area contributed by atoms with E-state index in [1.165, 1.54) is 58.9 Å². The van der Waals surface area contributed by atoms with E-state index in [-0.39, 0.29) is 18.0 Å². The van der Waals surface area contributed by atoms with Gasteiger partial charge < -0.3 is 30.8 Å². The SMILES string of the molecule is C/C(=N/OC(C)(C)C(=O)O)C(=O)N[C@H](C)[C@H]1C(=O)N[C@@H]1C(C)C(=O)C(=[N+]=[N-])C(=O)OCc1ccc([N+](=O)[O-])cc1. The average molecular weight is 561 g/mol. The zero-order valence-electron chi connectivity index (χ0n) is 22.2. The quantitative estimate of drug-likeness (QED) is 0.0438. The third kappa shape index (κ3) is 7.32. The van der Waals surface area contributed by atoms with Gasteiger partial charge in [0, 0.05) is 24.1 Å². The van der Waals surface area contributed by atoms with E-state index in [0.29, 0.717) is 5.56 Å². The number of nitro groups is 1. The number of nitrogens with one attached hydrogen (secondary N) is 2. The molecule has 1 aliphatic heterocycles. The first-order valence-electron chi connectivity index (χ1n) is 11.8. The number of ether oxygens (including phenoxy) is 1. The molecule has 1 unspecified atom stereocenters. The molecule has 0 saturated carbocycles. The maximum absolute atomic E-state index is 12.9. The fourth-order valence-electron chi connectivity index (χ4n) is 3.56. The van der Waals surface area contributed by atoms with Crippen molar-refractivity contribution < 1.29 is 48.4 Å². The Labute approximate surface area is 227 Å². The minimum Gasteiger partial charge on any atom is -0.478 e. The van der Waals surface area contributed by atoms with E-state index in [1.54, 1.807) is 0 Å². The number of oxime groups is 1. The van der Waals surface area contributed by atoms with Gasteiger partial charge in [-0.15, -0.1) is 0 Å². The standard InChI is InChI=1S/C24H28N6O10/c1-11(19(31)18(28-25)22(34)39-10-14-6-8-15(9-7-14)30(37)38)17-16(21(33)27-17)12(2)26-20(32)13(3)29-40-24(4,5)23(35)36/h6-9,11-12,16-17H,10H2,1-5H3,(H,26,32)(H,27,33)(H,35,36)/b29-13-/t11?,12-,16-,17-/m1/s1. The molecule has 214 valence electrons. The molecule has 2 rings (SSSR count). The number of hydrogen-bond acceptors (Lipinski definition) is 10. The lowest BCUT2D eigenvalue weighted by molar-refractivity contribution is -0.384. The fraction of sp³-hybridized carbons (Fsp3) is 0.458. The molecule has 0 aliphatic carbocycles. The summed E-state index contributed by atoms with van der Waals surface area (Å²) < 4.78 is 4.99. The highest BCUT2D eigenvalue weighted by atomic mass is 16.7. The van der Waals surface area contributed by atoms with Gasteiger partial charge in [-0.3, -0.25) is 24.5 Å². The molecular formula is C24H28N6O10. The van der Waals surface area contributed by atoms with Crippen LogP contribution < -0.4 is 10.6 Å². The van der Waals surface area contributed by atoms with Gasteiger partial charge in [0.25, 0.3) is 17.4 Å². The molecule has 1 heterocycles. The van der Waals surface area contributed by atoms with Crippen LogP contribution in [0.25, 0.3) is 5.53 Å². The number of β-lactam (4-membered cyclic amide) rings is 1. The van der Waals surface area contributed by atoms with Crippen molar-refractivity contribution in [1.82, 2.24) is 10.6 Å². The summed E-state index contributed by atoms with van der Waals surface area (Å²) in [5, 5.41) is 28.4. The predicted molar refractivity (Wildman–Crippen MR) is 135 cm³/mol. The van der Waals surface area contributed by atoms with Gasteiger partial charge in [0.15, 0.2) is 0 Å². The van der Waals surface area contributed by atoms with Crippen molar-refractivity contribution in [1.29, 1.82) is 0 Å². The maximum atomic E-state index is 12.9. The van der Waals surface area contributed by atoms with Gasteiger partial charge in [-0.1, -0.05) is 12.1 Å². The summed E-state index contributed by atoms with van der Waals surface area (Å²) >= 11 is 0. The van der Waals surface area contributed by atoms with Crippen LogP contribution in [0.5, 0.6) is 0 Å². The van der Waals surface area contributed by atoms with Crippen LogP contribution in [0, 0.1) is 22.0 Å². The molecule has 1 aliphatic rings. The molecule has 16 heteroatoms. The molecule has 3 N–H and O–H groups in total. The Bertz CT molecular complexity index is 1300. The maximum Gasteiger partial charge on any atom is 0.441 e. The Morgan fingerprint density at radius 1 is 1.25 bits per heavy atom. The van der Waals surface area contributed by atoms with E-state index in [1.807, 2.05) is 0 Å². The second-order valence-electron chi connectivity index (χ2n) is 9.51. The summed E-state index contributed by atoms with van der Waals surface area (Å²) in [6.07, 6.45) is 0. The van der Waals surface area contributed by atoms with Gasteiger partial charge in [0.05, 0.1) is 16.9 Å². The fourth-order valence-corrected chi connectivity index (χ4v) is 3.56. The number of amides is 2. The monoisotopic (exact) mass is 560 g/mol. The third-order valence-electron chi connectivity index (χ3n) is 6.15. The van der Waals surface area contributed by atoms with Crippen LogP contribution in [-0.4, -0.2) is 73.5 Å². The second-order valence-corrected chi connectivity index (χ2v) is 9.51. The van der Waals surface area contributed by atoms with Gasteiger partial charge in [0.2, 0.25) is 11.5 Å². The van der Waals surface area contributed by atoms with E-state index in [9.17, 15) is 39.6 Å². The summed E-state index contributed by atoms with van der Waals surface area (Å²) in [7, 11) is 0. The summed E-state index contributed by atoms with van der Waals surface area (Å²) in [5.41, 5.74) is 6.70. The molecule has 1 aromatic rings. The number of esters is 1. The van der Waals surface area contributed by atoms with Crippen molar-refractivity contribution in [3.63, 3.8) is 0 Å². The van der Waals surface area contributed by atoms with E-state index in [4.69, 9.17) is 14.7 Å². The summed E-state index contributed by atoms with van der Waals surface area (Å²) in [6, 6.07) is 3.42. The number of nitrogens with zero attached hydrogens (tertiary/aromatic N) is 4. The van der Waals surface area contributed by atoms with Crippen molar-refractivity contribution in [2.75, 3.05) is 0 Å². The Morgan fingerprint density at radius 3 is 2.35 bits per heavy atom. The Morgan fingerprint density at radius 2 is 1.85 bits per heavy atom. The number of rotatable bonds is 13. The van der Waals surface area contributed by atoms with Crippen LogP contribution >= 0.6 is 0 Å². The van der Waals surface area contributed by atoms with Crippen molar-refractivity contribution in [2.24, 2.45) is 17.0 Å². The number of carboxylic acid groups (broad SMARTS) is 1. The van der Waals surface area contributed by atoms with Crippen LogP contribution in [0.3, 0.4) is 0 Å². The number of nitro benzene ring substituents is 1. The first kappa shape index (κ1) is 31.2. The van der Waals surface area contributed by atoms with Crippen molar-refractivity contribution in [3.8, 4) is 0 Å². The topological polar surface area (TPSA) is 240 Å². The zero-order chi connectivity index (χ0) is 30.4. The molecule has 0 bridgehead atoms. The average Bonchev–Trinajstić information content (AvgIpc) is 2.88. The van der Waals surface area contributed by atoms with E-state index in [2.05, 4.69) is 20.6 Å². The lowest BCUT2D eigenvalue weighted by Crippen LogP contribution is -2.68. The number of hydrogen-bond donors (Lipinski definition) is 3. The van der Waals surface area contributed by atoms with Crippen molar-refractivity contribution in [3.05, 3.63) is 45.5 Å². The molecule has 4 atom stereocenters. The molecule has 0 radical (unpaired) electrons. The Kier molecular flexibility index (Phi) is 9.93. The van der Waals surface area contributed by atoms with Crippen molar-refractivity contribution in [2.45, 2.75) is 58.9 Å². The van der Waals surface area contributed by atoms with Gasteiger partial charge in [-0.05, 0) is 45.4 Å². The van der Waals surface area contributed by atoms with Crippen LogP contribution in [0.4, 0.5) is 5.69 Å². The number of benzene rings is 1.